The highest BCUT2D eigenvalue weighted by molar-refractivity contribution is 5.95. The molecule has 2 N–H and O–H groups in total. The van der Waals surface area contributed by atoms with E-state index in [0.29, 0.717) is 18.3 Å². The minimum Gasteiger partial charge on any atom is -0.504 e. The molecule has 2 aliphatic rings. The minimum atomic E-state index is -1.02. The van der Waals surface area contributed by atoms with Crippen molar-refractivity contribution < 1.29 is 19.4 Å². The zero-order chi connectivity index (χ0) is 19.0. The van der Waals surface area contributed by atoms with Crippen LogP contribution in [-0.2, 0) is 6.42 Å². The van der Waals surface area contributed by atoms with Crippen molar-refractivity contribution in [2.75, 3.05) is 19.6 Å². The quantitative estimate of drug-likeness (QED) is 0.625. The highest BCUT2D eigenvalue weighted by atomic mass is 19.1. The molecule has 4 rings (SSSR count). The molecule has 27 heavy (non-hydrogen) atoms. The normalized spacial score (nSPS) is 27.6. The molecule has 0 radical (unpaired) electrons. The lowest BCUT2D eigenvalue weighted by Gasteiger charge is -2.26. The van der Waals surface area contributed by atoms with E-state index in [1.807, 2.05) is 30.3 Å². The number of fused-ring (bicyclic) bond motifs is 1. The molecule has 1 aromatic heterocycles. The predicted octanol–water partition coefficient (Wildman–Crippen LogP) is 2.42. The molecule has 2 unspecified atom stereocenters. The SMILES string of the molecule is O=C(CN1CC2CC(O)(Cc3ccccc3)CC2C1)c1ccc(O)c(F)n1. The lowest BCUT2D eigenvalue weighted by Crippen LogP contribution is -2.34. The fourth-order valence-electron chi connectivity index (χ4n) is 4.67. The number of hydrogen-bond acceptors (Lipinski definition) is 5. The molecule has 1 aliphatic carbocycles. The van der Waals surface area contributed by atoms with Gasteiger partial charge in [0.15, 0.2) is 11.5 Å². The Kier molecular flexibility index (Phi) is 4.70. The van der Waals surface area contributed by atoms with Crippen LogP contribution in [0.5, 0.6) is 5.75 Å². The number of aromatic hydroxyl groups is 1. The molecule has 0 amide bonds. The van der Waals surface area contributed by atoms with Gasteiger partial charge in [-0.05, 0) is 42.4 Å². The van der Waals surface area contributed by atoms with Gasteiger partial charge in [-0.3, -0.25) is 9.69 Å². The van der Waals surface area contributed by atoms with Gasteiger partial charge in [-0.15, -0.1) is 0 Å². The number of carbonyl (C=O) groups is 1. The fourth-order valence-corrected chi connectivity index (χ4v) is 4.67. The Morgan fingerprint density at radius 3 is 2.44 bits per heavy atom. The number of aromatic nitrogens is 1. The lowest BCUT2D eigenvalue weighted by molar-refractivity contribution is 0.0355. The molecule has 6 heteroatoms. The maximum Gasteiger partial charge on any atom is 0.255 e. The van der Waals surface area contributed by atoms with Gasteiger partial charge in [-0.1, -0.05) is 30.3 Å². The monoisotopic (exact) mass is 370 g/mol. The average Bonchev–Trinajstić information content (AvgIpc) is 3.11. The second-order valence-corrected chi connectivity index (χ2v) is 7.94. The molecule has 2 fully saturated rings. The van der Waals surface area contributed by atoms with E-state index < -0.39 is 17.3 Å². The Morgan fingerprint density at radius 2 is 1.81 bits per heavy atom. The van der Waals surface area contributed by atoms with E-state index in [-0.39, 0.29) is 18.0 Å². The number of ketones is 1. The molecule has 5 nitrogen and oxygen atoms in total. The topological polar surface area (TPSA) is 73.7 Å². The van der Waals surface area contributed by atoms with Crippen LogP contribution in [-0.4, -0.2) is 51.1 Å². The number of hydrogen-bond donors (Lipinski definition) is 2. The van der Waals surface area contributed by atoms with Gasteiger partial charge in [0.25, 0.3) is 5.95 Å². The van der Waals surface area contributed by atoms with E-state index in [9.17, 15) is 19.4 Å². The maximum atomic E-state index is 13.4. The number of Topliss-reactive ketones (excluding diaryl/α,β-unsaturated/α-hetero) is 1. The summed E-state index contributed by atoms with van der Waals surface area (Å²) in [5.74, 6) is -1.09. The summed E-state index contributed by atoms with van der Waals surface area (Å²) in [4.78, 5) is 17.9. The number of likely N-dealkylation sites (tertiary alicyclic amines) is 1. The predicted molar refractivity (Wildman–Crippen MR) is 97.9 cm³/mol. The van der Waals surface area contributed by atoms with Crippen LogP contribution in [0.25, 0.3) is 0 Å². The zero-order valence-corrected chi connectivity index (χ0v) is 15.0. The van der Waals surface area contributed by atoms with Gasteiger partial charge in [0, 0.05) is 19.5 Å². The molecule has 1 aliphatic heterocycles. The summed E-state index contributed by atoms with van der Waals surface area (Å²) < 4.78 is 13.4. The van der Waals surface area contributed by atoms with Crippen LogP contribution >= 0.6 is 0 Å². The Morgan fingerprint density at radius 1 is 1.15 bits per heavy atom. The number of benzene rings is 1. The first-order valence-corrected chi connectivity index (χ1v) is 9.29. The van der Waals surface area contributed by atoms with Crippen molar-refractivity contribution >= 4 is 5.78 Å². The standard InChI is InChI=1S/C21H23FN2O3/c22-20-18(25)7-6-17(23-20)19(26)13-24-11-15-9-21(27,10-16(15)12-24)8-14-4-2-1-3-5-14/h1-7,15-16,25,27H,8-13H2. The van der Waals surface area contributed by atoms with Gasteiger partial charge in [0.1, 0.15) is 5.69 Å². The second-order valence-electron chi connectivity index (χ2n) is 7.94. The summed E-state index contributed by atoms with van der Waals surface area (Å²) in [6, 6.07) is 12.5. The van der Waals surface area contributed by atoms with Gasteiger partial charge in [0.05, 0.1) is 12.1 Å². The second kappa shape index (κ2) is 7.02. The molecule has 2 heterocycles. The number of halogens is 1. The van der Waals surface area contributed by atoms with Crippen LogP contribution in [0, 0.1) is 17.8 Å². The first-order chi connectivity index (χ1) is 12.9. The number of carbonyl (C=O) groups excluding carboxylic acids is 1. The van der Waals surface area contributed by atoms with Gasteiger partial charge >= 0.3 is 0 Å². The van der Waals surface area contributed by atoms with Crippen molar-refractivity contribution in [3.63, 3.8) is 0 Å². The van der Waals surface area contributed by atoms with Crippen LogP contribution in [0.3, 0.4) is 0 Å². The third-order valence-corrected chi connectivity index (χ3v) is 5.79. The molecule has 0 spiro atoms. The van der Waals surface area contributed by atoms with Crippen molar-refractivity contribution in [3.05, 3.63) is 59.7 Å². The highest BCUT2D eigenvalue weighted by Crippen LogP contribution is 2.45. The smallest absolute Gasteiger partial charge is 0.255 e. The van der Waals surface area contributed by atoms with Gasteiger partial charge < -0.3 is 10.2 Å². The minimum absolute atomic E-state index is 0.0305. The Labute approximate surface area is 157 Å². The largest absolute Gasteiger partial charge is 0.504 e. The van der Waals surface area contributed by atoms with E-state index in [1.54, 1.807) is 0 Å². The molecular formula is C21H23FN2O3. The lowest BCUT2D eigenvalue weighted by atomic mass is 9.91. The van der Waals surface area contributed by atoms with E-state index in [0.717, 1.165) is 37.6 Å². The summed E-state index contributed by atoms with van der Waals surface area (Å²) in [5.41, 5.74) is 0.504. The molecular weight excluding hydrogens is 347 g/mol. The summed E-state index contributed by atoms with van der Waals surface area (Å²) in [5, 5.41) is 20.2. The van der Waals surface area contributed by atoms with Crippen LogP contribution in [0.15, 0.2) is 42.5 Å². The van der Waals surface area contributed by atoms with E-state index in [1.165, 1.54) is 6.07 Å². The Bertz CT molecular complexity index is 829. The molecule has 1 saturated heterocycles. The van der Waals surface area contributed by atoms with Crippen molar-refractivity contribution in [2.45, 2.75) is 24.9 Å². The summed E-state index contributed by atoms with van der Waals surface area (Å²) in [7, 11) is 0. The molecule has 1 aromatic carbocycles. The maximum absolute atomic E-state index is 13.4. The zero-order valence-electron chi connectivity index (χ0n) is 15.0. The molecule has 0 bridgehead atoms. The Hall–Kier alpha value is -2.31. The first-order valence-electron chi connectivity index (χ1n) is 9.29. The van der Waals surface area contributed by atoms with Crippen LogP contribution in [0.1, 0.15) is 28.9 Å². The van der Waals surface area contributed by atoms with Crippen molar-refractivity contribution in [1.82, 2.24) is 9.88 Å². The van der Waals surface area contributed by atoms with Crippen molar-refractivity contribution in [3.8, 4) is 5.75 Å². The summed E-state index contributed by atoms with van der Waals surface area (Å²) >= 11 is 0. The van der Waals surface area contributed by atoms with Gasteiger partial charge in [-0.25, -0.2) is 4.98 Å². The summed E-state index contributed by atoms with van der Waals surface area (Å²) in [6.45, 7) is 1.70. The van der Waals surface area contributed by atoms with E-state index in [2.05, 4.69) is 9.88 Å². The van der Waals surface area contributed by atoms with E-state index in [4.69, 9.17) is 0 Å². The third kappa shape index (κ3) is 3.87. The molecule has 142 valence electrons. The number of nitrogens with zero attached hydrogens (tertiary/aromatic N) is 2. The highest BCUT2D eigenvalue weighted by Gasteiger charge is 2.48. The van der Waals surface area contributed by atoms with Crippen molar-refractivity contribution in [1.29, 1.82) is 0 Å². The van der Waals surface area contributed by atoms with Crippen LogP contribution < -0.4 is 0 Å². The number of aliphatic hydroxyl groups is 1. The first kappa shape index (κ1) is 18.1. The molecule has 2 atom stereocenters. The van der Waals surface area contributed by atoms with Crippen molar-refractivity contribution in [2.24, 2.45) is 11.8 Å². The molecule has 2 aromatic rings. The van der Waals surface area contributed by atoms with Crippen LogP contribution in [0.4, 0.5) is 4.39 Å². The van der Waals surface area contributed by atoms with Gasteiger partial charge in [0.2, 0.25) is 0 Å². The van der Waals surface area contributed by atoms with Crippen LogP contribution in [0.2, 0.25) is 0 Å². The fraction of sp³-hybridized carbons (Fsp3) is 0.429. The number of rotatable bonds is 5. The Balaban J connectivity index is 1.34. The summed E-state index contributed by atoms with van der Waals surface area (Å²) in [6.07, 6.45) is 2.14. The molecule has 1 saturated carbocycles. The van der Waals surface area contributed by atoms with E-state index >= 15 is 0 Å². The van der Waals surface area contributed by atoms with Gasteiger partial charge in [-0.2, -0.15) is 4.39 Å². The average molecular weight is 370 g/mol. The third-order valence-electron chi connectivity index (χ3n) is 5.79. The number of pyridine rings is 1.